The van der Waals surface area contributed by atoms with E-state index in [1.807, 2.05) is 0 Å². The van der Waals surface area contributed by atoms with Crippen LogP contribution in [0, 0.1) is 22.7 Å². The molecule has 0 saturated carbocycles. The molecule has 5 nitrogen and oxygen atoms in total. The van der Waals surface area contributed by atoms with Crippen molar-refractivity contribution >= 4 is 34.6 Å². The Balaban J connectivity index is 3.02. The maximum Gasteiger partial charge on any atom is 0.237 e. The topological polar surface area (TPSA) is 81.2 Å². The van der Waals surface area contributed by atoms with Gasteiger partial charge in [0, 0.05) is 6.07 Å². The molecule has 86 valence electrons. The number of rotatable bonds is 3. The fourth-order valence-corrected chi connectivity index (χ4v) is 1.40. The summed E-state index contributed by atoms with van der Waals surface area (Å²) < 4.78 is 4.96. The number of nitrogens with zero attached hydrogens (tertiary/aromatic N) is 3. The zero-order valence-corrected chi connectivity index (χ0v) is 10.2. The third-order valence-corrected chi connectivity index (χ3v) is 2.35. The molecule has 1 aromatic rings. The zero-order chi connectivity index (χ0) is 12.8. The van der Waals surface area contributed by atoms with Crippen molar-refractivity contribution in [3.8, 4) is 17.9 Å². The molecule has 0 bridgehead atoms. The molecular formula is C10H6Cl2N4O. The second kappa shape index (κ2) is 5.95. The van der Waals surface area contributed by atoms with Gasteiger partial charge in [0.25, 0.3) is 0 Å². The number of nitriles is 2. The Morgan fingerprint density at radius 3 is 2.47 bits per heavy atom. The molecule has 0 heterocycles. The van der Waals surface area contributed by atoms with Gasteiger partial charge >= 0.3 is 0 Å². The van der Waals surface area contributed by atoms with Gasteiger partial charge in [0.05, 0.1) is 22.8 Å². The second-order valence-corrected chi connectivity index (χ2v) is 3.58. The van der Waals surface area contributed by atoms with Crippen LogP contribution in [0.2, 0.25) is 10.0 Å². The lowest BCUT2D eigenvalue weighted by molar-refractivity contribution is 0.415. The van der Waals surface area contributed by atoms with Crippen LogP contribution in [0.1, 0.15) is 0 Å². The van der Waals surface area contributed by atoms with E-state index in [0.29, 0.717) is 21.5 Å². The molecular weight excluding hydrogens is 263 g/mol. The molecule has 1 aromatic carbocycles. The number of hydrazone groups is 1. The molecule has 0 spiro atoms. The third-order valence-electron chi connectivity index (χ3n) is 1.74. The van der Waals surface area contributed by atoms with E-state index in [-0.39, 0.29) is 5.71 Å². The summed E-state index contributed by atoms with van der Waals surface area (Å²) in [6.45, 7) is 0. The fraction of sp³-hybridized carbons (Fsp3) is 0.100. The predicted molar refractivity (Wildman–Crippen MR) is 65.3 cm³/mol. The first-order chi connectivity index (χ1) is 8.12. The van der Waals surface area contributed by atoms with Crippen LogP contribution >= 0.6 is 23.2 Å². The molecule has 0 aliphatic rings. The van der Waals surface area contributed by atoms with E-state index in [9.17, 15) is 0 Å². The summed E-state index contributed by atoms with van der Waals surface area (Å²) in [7, 11) is 1.46. The van der Waals surface area contributed by atoms with Crippen molar-refractivity contribution in [2.24, 2.45) is 5.10 Å². The van der Waals surface area contributed by atoms with Crippen LogP contribution in [-0.2, 0) is 0 Å². The lowest BCUT2D eigenvalue weighted by Crippen LogP contribution is -1.97. The van der Waals surface area contributed by atoms with Gasteiger partial charge in [0.15, 0.2) is 0 Å². The molecule has 0 atom stereocenters. The van der Waals surface area contributed by atoms with Gasteiger partial charge in [-0.05, 0) is 6.07 Å². The van der Waals surface area contributed by atoms with Gasteiger partial charge < -0.3 is 4.74 Å². The SMILES string of the molecule is COc1cc(Cl)c(NN=C(C#N)C#N)cc1Cl. The lowest BCUT2D eigenvalue weighted by atomic mass is 10.3. The molecule has 0 unspecified atom stereocenters. The summed E-state index contributed by atoms with van der Waals surface area (Å²) in [5, 5.41) is 21.2. The van der Waals surface area contributed by atoms with E-state index in [4.69, 9.17) is 38.5 Å². The van der Waals surface area contributed by atoms with Crippen molar-refractivity contribution in [3.63, 3.8) is 0 Å². The average molecular weight is 269 g/mol. The molecule has 1 rings (SSSR count). The maximum atomic E-state index is 8.49. The first kappa shape index (κ1) is 13.1. The number of halogens is 2. The van der Waals surface area contributed by atoms with Gasteiger partial charge in [-0.3, -0.25) is 5.43 Å². The van der Waals surface area contributed by atoms with E-state index < -0.39 is 0 Å². The molecule has 0 aliphatic heterocycles. The highest BCUT2D eigenvalue weighted by Crippen LogP contribution is 2.33. The Morgan fingerprint density at radius 2 is 1.94 bits per heavy atom. The predicted octanol–water partition coefficient (Wildman–Crippen LogP) is 2.82. The summed E-state index contributed by atoms with van der Waals surface area (Å²) in [4.78, 5) is 0. The Hall–Kier alpha value is -1.95. The molecule has 7 heteroatoms. The highest BCUT2D eigenvalue weighted by molar-refractivity contribution is 6.36. The third kappa shape index (κ3) is 3.25. The van der Waals surface area contributed by atoms with Crippen molar-refractivity contribution in [2.45, 2.75) is 0 Å². The highest BCUT2D eigenvalue weighted by Gasteiger charge is 2.07. The molecule has 0 amide bonds. The number of nitrogens with one attached hydrogen (secondary N) is 1. The summed E-state index contributed by atoms with van der Waals surface area (Å²) in [5.41, 5.74) is 2.54. The number of hydrogen-bond acceptors (Lipinski definition) is 5. The van der Waals surface area contributed by atoms with E-state index in [1.54, 1.807) is 12.1 Å². The first-order valence-electron chi connectivity index (χ1n) is 4.29. The Bertz CT molecular complexity index is 526. The van der Waals surface area contributed by atoms with E-state index in [0.717, 1.165) is 0 Å². The normalized spacial score (nSPS) is 8.76. The van der Waals surface area contributed by atoms with Gasteiger partial charge in [-0.25, -0.2) is 0 Å². The summed E-state index contributed by atoms with van der Waals surface area (Å²) in [6, 6.07) is 6.19. The molecule has 0 fully saturated rings. The summed E-state index contributed by atoms with van der Waals surface area (Å²) in [6.07, 6.45) is 0. The highest BCUT2D eigenvalue weighted by atomic mass is 35.5. The molecule has 0 aliphatic carbocycles. The Morgan fingerprint density at radius 1 is 1.29 bits per heavy atom. The number of methoxy groups -OCH3 is 1. The van der Waals surface area contributed by atoms with Gasteiger partial charge in [0.2, 0.25) is 5.71 Å². The largest absolute Gasteiger partial charge is 0.495 e. The van der Waals surface area contributed by atoms with Crippen molar-refractivity contribution in [1.29, 1.82) is 10.5 Å². The van der Waals surface area contributed by atoms with Gasteiger partial charge in [-0.15, -0.1) is 0 Å². The van der Waals surface area contributed by atoms with Gasteiger partial charge in [0.1, 0.15) is 17.9 Å². The van der Waals surface area contributed by atoms with Crippen molar-refractivity contribution in [3.05, 3.63) is 22.2 Å². The quantitative estimate of drug-likeness (QED) is 0.675. The number of benzene rings is 1. The van der Waals surface area contributed by atoms with Crippen LogP contribution < -0.4 is 10.2 Å². The zero-order valence-electron chi connectivity index (χ0n) is 8.66. The molecule has 0 aromatic heterocycles. The van der Waals surface area contributed by atoms with Gasteiger partial charge in [-0.1, -0.05) is 23.2 Å². The molecule has 0 saturated heterocycles. The van der Waals surface area contributed by atoms with Crippen LogP contribution in [0.3, 0.4) is 0 Å². The summed E-state index contributed by atoms with van der Waals surface area (Å²) in [5.74, 6) is 0.423. The van der Waals surface area contributed by atoms with Crippen molar-refractivity contribution < 1.29 is 4.74 Å². The minimum absolute atomic E-state index is 0.310. The number of hydrogen-bond donors (Lipinski definition) is 1. The first-order valence-corrected chi connectivity index (χ1v) is 5.05. The van der Waals surface area contributed by atoms with Crippen molar-refractivity contribution in [1.82, 2.24) is 0 Å². The molecule has 1 N–H and O–H groups in total. The lowest BCUT2D eigenvalue weighted by Gasteiger charge is -2.07. The van der Waals surface area contributed by atoms with E-state index in [1.165, 1.54) is 19.2 Å². The van der Waals surface area contributed by atoms with E-state index in [2.05, 4.69) is 10.5 Å². The molecule has 17 heavy (non-hydrogen) atoms. The van der Waals surface area contributed by atoms with Crippen LogP contribution in [0.4, 0.5) is 5.69 Å². The molecule has 0 radical (unpaired) electrons. The maximum absolute atomic E-state index is 8.49. The van der Waals surface area contributed by atoms with Crippen LogP contribution in [0.5, 0.6) is 5.75 Å². The van der Waals surface area contributed by atoms with Crippen LogP contribution in [-0.4, -0.2) is 12.8 Å². The minimum atomic E-state index is -0.312. The number of anilines is 1. The minimum Gasteiger partial charge on any atom is -0.495 e. The Labute approximate surface area is 108 Å². The number of ether oxygens (including phenoxy) is 1. The fourth-order valence-electron chi connectivity index (χ4n) is 0.962. The van der Waals surface area contributed by atoms with Gasteiger partial charge in [-0.2, -0.15) is 15.6 Å². The summed E-state index contributed by atoms with van der Waals surface area (Å²) >= 11 is 11.8. The second-order valence-electron chi connectivity index (χ2n) is 2.76. The monoisotopic (exact) mass is 268 g/mol. The van der Waals surface area contributed by atoms with Crippen molar-refractivity contribution in [2.75, 3.05) is 12.5 Å². The van der Waals surface area contributed by atoms with Crippen LogP contribution in [0.25, 0.3) is 0 Å². The Kier molecular flexibility index (Phi) is 4.59. The smallest absolute Gasteiger partial charge is 0.237 e. The van der Waals surface area contributed by atoms with E-state index >= 15 is 0 Å². The standard InChI is InChI=1S/C10H6Cl2N4O/c1-17-10-3-7(11)9(2-8(10)12)16-15-6(4-13)5-14/h2-3,16H,1H3. The van der Waals surface area contributed by atoms with Crippen LogP contribution in [0.15, 0.2) is 17.2 Å². The average Bonchev–Trinajstić information content (AvgIpc) is 2.34.